The van der Waals surface area contributed by atoms with Crippen molar-refractivity contribution in [2.45, 2.75) is 45.1 Å². The molecule has 1 saturated carbocycles. The lowest BCUT2D eigenvalue weighted by Gasteiger charge is -2.06. The van der Waals surface area contributed by atoms with E-state index >= 15 is 0 Å². The molecule has 1 aliphatic rings. The van der Waals surface area contributed by atoms with Gasteiger partial charge >= 0.3 is 0 Å². The molecule has 0 radical (unpaired) electrons. The van der Waals surface area contributed by atoms with E-state index in [4.69, 9.17) is 5.73 Å². The van der Waals surface area contributed by atoms with E-state index in [1.807, 2.05) is 13.8 Å². The molecule has 1 aliphatic carbocycles. The Labute approximate surface area is 84.8 Å². The zero-order valence-electron chi connectivity index (χ0n) is 8.83. The molecule has 0 bridgehead atoms. The highest BCUT2D eigenvalue weighted by Crippen LogP contribution is 2.39. The van der Waals surface area contributed by atoms with Crippen LogP contribution < -0.4 is 5.73 Å². The highest BCUT2D eigenvalue weighted by Gasteiger charge is 2.25. The molecule has 14 heavy (non-hydrogen) atoms. The van der Waals surface area contributed by atoms with E-state index in [9.17, 15) is 0 Å². The van der Waals surface area contributed by atoms with Crippen LogP contribution in [0.4, 0.5) is 0 Å². The van der Waals surface area contributed by atoms with Crippen molar-refractivity contribution in [3.8, 4) is 0 Å². The predicted molar refractivity (Wildman–Crippen MR) is 56.1 cm³/mol. The van der Waals surface area contributed by atoms with Gasteiger partial charge in [-0.15, -0.1) is 0 Å². The van der Waals surface area contributed by atoms with E-state index < -0.39 is 0 Å². The molecule has 3 nitrogen and oxygen atoms in total. The van der Waals surface area contributed by atoms with Crippen molar-refractivity contribution in [3.63, 3.8) is 0 Å². The fraction of sp³-hybridized carbons (Fsp3) is 0.636. The predicted octanol–water partition coefficient (Wildman–Crippen LogP) is 1.55. The molecule has 3 heteroatoms. The van der Waals surface area contributed by atoms with Gasteiger partial charge in [0.2, 0.25) is 0 Å². The van der Waals surface area contributed by atoms with Gasteiger partial charge in [-0.25, -0.2) is 9.97 Å². The molecule has 1 heterocycles. The van der Waals surface area contributed by atoms with Crippen molar-refractivity contribution in [2.75, 3.05) is 0 Å². The highest BCUT2D eigenvalue weighted by molar-refractivity contribution is 5.18. The number of aryl methyl sites for hydroxylation is 1. The normalized spacial score (nSPS) is 18.2. The average molecular weight is 191 g/mol. The summed E-state index contributed by atoms with van der Waals surface area (Å²) in [7, 11) is 0. The molecule has 1 unspecified atom stereocenters. The average Bonchev–Trinajstić information content (AvgIpc) is 2.82. The Kier molecular flexibility index (Phi) is 2.50. The number of aromatic nitrogens is 2. The van der Waals surface area contributed by atoms with E-state index in [0.717, 1.165) is 17.9 Å². The van der Waals surface area contributed by atoms with Gasteiger partial charge in [-0.05, 0) is 32.8 Å². The highest BCUT2D eigenvalue weighted by atomic mass is 14.9. The van der Waals surface area contributed by atoms with E-state index in [0.29, 0.717) is 5.92 Å². The van der Waals surface area contributed by atoms with Crippen LogP contribution in [-0.4, -0.2) is 16.0 Å². The summed E-state index contributed by atoms with van der Waals surface area (Å²) in [5.41, 5.74) is 8.02. The molecule has 2 rings (SSSR count). The van der Waals surface area contributed by atoms with Gasteiger partial charge in [-0.3, -0.25) is 0 Å². The minimum atomic E-state index is 0.142. The summed E-state index contributed by atoms with van der Waals surface area (Å²) in [6, 6.07) is 2.24. The van der Waals surface area contributed by atoms with Crippen molar-refractivity contribution in [3.05, 3.63) is 23.3 Å². The largest absolute Gasteiger partial charge is 0.328 e. The monoisotopic (exact) mass is 191 g/mol. The zero-order chi connectivity index (χ0) is 10.1. The minimum absolute atomic E-state index is 0.142. The number of nitrogens with zero attached hydrogens (tertiary/aromatic N) is 2. The number of nitrogens with two attached hydrogens (primary N) is 1. The molecule has 0 aromatic carbocycles. The first kappa shape index (κ1) is 9.59. The Morgan fingerprint density at radius 2 is 2.21 bits per heavy atom. The van der Waals surface area contributed by atoms with Crippen LogP contribution in [0.2, 0.25) is 0 Å². The maximum atomic E-state index is 5.74. The molecule has 1 aromatic rings. The molecule has 76 valence electrons. The first-order chi connectivity index (χ1) is 6.65. The van der Waals surface area contributed by atoms with Crippen molar-refractivity contribution in [1.82, 2.24) is 9.97 Å². The van der Waals surface area contributed by atoms with Crippen LogP contribution in [0.25, 0.3) is 0 Å². The molecular weight excluding hydrogens is 174 g/mol. The first-order valence-corrected chi connectivity index (χ1v) is 5.25. The number of hydrogen-bond donors (Lipinski definition) is 1. The molecule has 1 fully saturated rings. The van der Waals surface area contributed by atoms with Crippen LogP contribution in [0.3, 0.4) is 0 Å². The summed E-state index contributed by atoms with van der Waals surface area (Å²) in [5, 5.41) is 0. The van der Waals surface area contributed by atoms with Crippen LogP contribution in [0.15, 0.2) is 6.07 Å². The third-order valence-electron chi connectivity index (χ3n) is 2.42. The van der Waals surface area contributed by atoms with E-state index in [1.54, 1.807) is 0 Å². The maximum absolute atomic E-state index is 5.74. The summed E-state index contributed by atoms with van der Waals surface area (Å²) < 4.78 is 0. The fourth-order valence-electron chi connectivity index (χ4n) is 1.62. The minimum Gasteiger partial charge on any atom is -0.328 e. The first-order valence-electron chi connectivity index (χ1n) is 5.25. The fourth-order valence-corrected chi connectivity index (χ4v) is 1.62. The van der Waals surface area contributed by atoms with Gasteiger partial charge in [0.1, 0.15) is 5.82 Å². The molecule has 0 spiro atoms. The van der Waals surface area contributed by atoms with Gasteiger partial charge < -0.3 is 5.73 Å². The zero-order valence-corrected chi connectivity index (χ0v) is 8.83. The molecular formula is C11H17N3. The Bertz CT molecular complexity index is 329. The Morgan fingerprint density at radius 1 is 1.50 bits per heavy atom. The summed E-state index contributed by atoms with van der Waals surface area (Å²) in [6.45, 7) is 4.01. The molecule has 0 saturated heterocycles. The van der Waals surface area contributed by atoms with E-state index in [-0.39, 0.29) is 6.04 Å². The third-order valence-corrected chi connectivity index (χ3v) is 2.42. The van der Waals surface area contributed by atoms with E-state index in [1.165, 1.54) is 18.5 Å². The van der Waals surface area contributed by atoms with Crippen LogP contribution >= 0.6 is 0 Å². The van der Waals surface area contributed by atoms with Crippen molar-refractivity contribution >= 4 is 0 Å². The standard InChI is InChI=1S/C11H17N3/c1-7(12)5-11-13-8(2)6-10(14-11)9-3-4-9/h6-7,9H,3-5,12H2,1-2H3. The van der Waals surface area contributed by atoms with Crippen LogP contribution in [0.5, 0.6) is 0 Å². The van der Waals surface area contributed by atoms with Gasteiger partial charge in [-0.1, -0.05) is 0 Å². The van der Waals surface area contributed by atoms with Crippen molar-refractivity contribution < 1.29 is 0 Å². The van der Waals surface area contributed by atoms with Crippen LogP contribution in [0.1, 0.15) is 42.9 Å². The SMILES string of the molecule is Cc1cc(C2CC2)nc(CC(C)N)n1. The lowest BCUT2D eigenvalue weighted by Crippen LogP contribution is -2.20. The van der Waals surface area contributed by atoms with Gasteiger partial charge in [0.15, 0.2) is 0 Å². The molecule has 1 aromatic heterocycles. The topological polar surface area (TPSA) is 51.8 Å². The summed E-state index contributed by atoms with van der Waals surface area (Å²) in [5.74, 6) is 1.60. The summed E-state index contributed by atoms with van der Waals surface area (Å²) in [4.78, 5) is 8.94. The van der Waals surface area contributed by atoms with Crippen LogP contribution in [-0.2, 0) is 6.42 Å². The quantitative estimate of drug-likeness (QED) is 0.788. The lowest BCUT2D eigenvalue weighted by molar-refractivity contribution is 0.692. The van der Waals surface area contributed by atoms with Gasteiger partial charge in [-0.2, -0.15) is 0 Å². The van der Waals surface area contributed by atoms with Gasteiger partial charge in [0.05, 0.1) is 0 Å². The molecule has 0 amide bonds. The number of hydrogen-bond acceptors (Lipinski definition) is 3. The smallest absolute Gasteiger partial charge is 0.130 e. The Hall–Kier alpha value is -0.960. The second-order valence-corrected chi connectivity index (χ2v) is 4.31. The van der Waals surface area contributed by atoms with Crippen LogP contribution in [0, 0.1) is 6.92 Å². The van der Waals surface area contributed by atoms with Gasteiger partial charge in [0.25, 0.3) is 0 Å². The van der Waals surface area contributed by atoms with Crippen molar-refractivity contribution in [2.24, 2.45) is 5.73 Å². The third kappa shape index (κ3) is 2.29. The van der Waals surface area contributed by atoms with Gasteiger partial charge in [0, 0.05) is 29.8 Å². The molecule has 2 N–H and O–H groups in total. The lowest BCUT2D eigenvalue weighted by atomic mass is 10.2. The molecule has 0 aliphatic heterocycles. The Balaban J connectivity index is 2.22. The second-order valence-electron chi connectivity index (χ2n) is 4.31. The number of rotatable bonds is 3. The summed E-state index contributed by atoms with van der Waals surface area (Å²) in [6.07, 6.45) is 3.35. The van der Waals surface area contributed by atoms with Crippen molar-refractivity contribution in [1.29, 1.82) is 0 Å². The molecule has 1 atom stereocenters. The second kappa shape index (κ2) is 3.65. The van der Waals surface area contributed by atoms with E-state index in [2.05, 4.69) is 16.0 Å². The summed E-state index contributed by atoms with van der Waals surface area (Å²) >= 11 is 0. The Morgan fingerprint density at radius 3 is 2.79 bits per heavy atom. The maximum Gasteiger partial charge on any atom is 0.130 e.